The molecule has 1 unspecified atom stereocenters. The third kappa shape index (κ3) is 7.59. The summed E-state index contributed by atoms with van der Waals surface area (Å²) >= 11 is 0. The third-order valence-electron chi connectivity index (χ3n) is 5.16. The number of aryl methyl sites for hydroxylation is 1. The van der Waals surface area contributed by atoms with Gasteiger partial charge in [-0.2, -0.15) is 0 Å². The molecule has 1 aliphatic heterocycles. The van der Waals surface area contributed by atoms with Gasteiger partial charge in [-0.05, 0) is 55.9 Å². The molecule has 0 aliphatic carbocycles. The van der Waals surface area contributed by atoms with Crippen LogP contribution in [0.25, 0.3) is 0 Å². The second-order valence-corrected chi connectivity index (χ2v) is 7.64. The summed E-state index contributed by atoms with van der Waals surface area (Å²) in [5, 5.41) is 2.64. The maximum Gasteiger partial charge on any atom is 0.411 e. The van der Waals surface area contributed by atoms with Gasteiger partial charge in [0.05, 0.1) is 18.5 Å². The summed E-state index contributed by atoms with van der Waals surface area (Å²) in [5.41, 5.74) is 2.86. The molecule has 1 saturated heterocycles. The fourth-order valence-electron chi connectivity index (χ4n) is 3.54. The molecule has 1 aliphatic rings. The molecular formula is C24H34N4O3. The number of piperidine rings is 1. The van der Waals surface area contributed by atoms with Crippen LogP contribution in [0.4, 0.5) is 22.0 Å². The van der Waals surface area contributed by atoms with Gasteiger partial charge in [-0.15, -0.1) is 0 Å². The molecule has 7 nitrogen and oxygen atoms in total. The van der Waals surface area contributed by atoms with E-state index in [0.29, 0.717) is 18.2 Å². The van der Waals surface area contributed by atoms with Crippen molar-refractivity contribution in [3.8, 4) is 0 Å². The summed E-state index contributed by atoms with van der Waals surface area (Å²) < 4.78 is 4.82. The highest BCUT2D eigenvalue weighted by Crippen LogP contribution is 2.22. The molecule has 2 heterocycles. The molecule has 0 saturated carbocycles. The molecule has 0 spiro atoms. The number of nitrogens with one attached hydrogen (secondary N) is 1. The van der Waals surface area contributed by atoms with Gasteiger partial charge in [0.25, 0.3) is 0 Å². The zero-order valence-electron chi connectivity index (χ0n) is 19.0. The van der Waals surface area contributed by atoms with Gasteiger partial charge in [0, 0.05) is 25.8 Å². The topological polar surface area (TPSA) is 74.8 Å². The number of carbonyl (C=O) groups excluding carboxylic acids is 2. The highest BCUT2D eigenvalue weighted by atomic mass is 16.5. The Morgan fingerprint density at radius 1 is 1.29 bits per heavy atom. The van der Waals surface area contributed by atoms with E-state index in [-0.39, 0.29) is 0 Å². The average Bonchev–Trinajstić information content (AvgIpc) is 2.79. The molecule has 1 fully saturated rings. The van der Waals surface area contributed by atoms with Crippen LogP contribution >= 0.6 is 0 Å². The lowest BCUT2D eigenvalue weighted by atomic mass is 10.0. The van der Waals surface area contributed by atoms with E-state index in [0.717, 1.165) is 37.4 Å². The minimum Gasteiger partial charge on any atom is -0.450 e. The summed E-state index contributed by atoms with van der Waals surface area (Å²) in [4.78, 5) is 30.1. The van der Waals surface area contributed by atoms with Gasteiger partial charge < -0.3 is 14.5 Å². The van der Waals surface area contributed by atoms with E-state index in [1.807, 2.05) is 36.4 Å². The van der Waals surface area contributed by atoms with Crippen LogP contribution in [-0.2, 0) is 16.0 Å². The number of para-hydroxylation sites is 1. The number of hydrogen-bond acceptors (Lipinski definition) is 5. The van der Waals surface area contributed by atoms with Crippen LogP contribution in [0.1, 0.15) is 39.2 Å². The van der Waals surface area contributed by atoms with E-state index < -0.39 is 6.09 Å². The SMILES string of the molecule is CCOC(=O)Nc1ccc(N2CCCC(C)C2)nc1.CCc1ccccc1N(C)C=O. The predicted molar refractivity (Wildman–Crippen MR) is 126 cm³/mol. The van der Waals surface area contributed by atoms with Gasteiger partial charge in [0.1, 0.15) is 5.82 Å². The minimum absolute atomic E-state index is 0.364. The molecule has 0 radical (unpaired) electrons. The first-order valence-electron chi connectivity index (χ1n) is 10.9. The molecule has 2 aromatic rings. The molecule has 1 aromatic heterocycles. The summed E-state index contributed by atoms with van der Waals surface area (Å²) in [5.74, 6) is 1.69. The fraction of sp³-hybridized carbons (Fsp3) is 0.458. The number of benzene rings is 1. The number of hydrogen-bond donors (Lipinski definition) is 1. The van der Waals surface area contributed by atoms with E-state index in [2.05, 4.69) is 29.0 Å². The van der Waals surface area contributed by atoms with Crippen LogP contribution in [0.2, 0.25) is 0 Å². The molecule has 1 aromatic carbocycles. The number of aromatic nitrogens is 1. The van der Waals surface area contributed by atoms with E-state index in [9.17, 15) is 9.59 Å². The summed E-state index contributed by atoms with van der Waals surface area (Å²) in [7, 11) is 1.77. The Kier molecular flexibility index (Phi) is 9.81. The van der Waals surface area contributed by atoms with Gasteiger partial charge in [-0.1, -0.05) is 32.0 Å². The molecule has 168 valence electrons. The number of nitrogens with zero attached hydrogens (tertiary/aromatic N) is 3. The quantitative estimate of drug-likeness (QED) is 0.676. The zero-order chi connectivity index (χ0) is 22.6. The highest BCUT2D eigenvalue weighted by molar-refractivity contribution is 5.84. The van der Waals surface area contributed by atoms with E-state index in [1.165, 1.54) is 18.4 Å². The monoisotopic (exact) mass is 426 g/mol. The van der Waals surface area contributed by atoms with E-state index in [4.69, 9.17) is 4.74 Å². The Bertz CT molecular complexity index is 826. The van der Waals surface area contributed by atoms with Crippen LogP contribution in [0.5, 0.6) is 0 Å². The van der Waals surface area contributed by atoms with Crippen LogP contribution in [0.3, 0.4) is 0 Å². The first-order valence-corrected chi connectivity index (χ1v) is 10.9. The lowest BCUT2D eigenvalue weighted by molar-refractivity contribution is -0.107. The molecule has 31 heavy (non-hydrogen) atoms. The van der Waals surface area contributed by atoms with Crippen molar-refractivity contribution < 1.29 is 14.3 Å². The number of anilines is 3. The molecular weight excluding hydrogens is 392 g/mol. The first-order chi connectivity index (χ1) is 15.0. The maximum absolute atomic E-state index is 11.3. The van der Waals surface area contributed by atoms with Crippen molar-refractivity contribution in [3.63, 3.8) is 0 Å². The maximum atomic E-state index is 11.3. The number of pyridine rings is 1. The van der Waals surface area contributed by atoms with E-state index >= 15 is 0 Å². The first kappa shape index (κ1) is 24.2. The molecule has 1 N–H and O–H groups in total. The molecule has 0 bridgehead atoms. The van der Waals surface area contributed by atoms with Crippen molar-refractivity contribution in [3.05, 3.63) is 48.2 Å². The van der Waals surface area contributed by atoms with Gasteiger partial charge in [0.15, 0.2) is 0 Å². The van der Waals surface area contributed by atoms with Gasteiger partial charge in [0.2, 0.25) is 6.41 Å². The van der Waals surface area contributed by atoms with Crippen LogP contribution in [0.15, 0.2) is 42.6 Å². The molecule has 7 heteroatoms. The van der Waals surface area contributed by atoms with Crippen molar-refractivity contribution in [2.45, 2.75) is 40.0 Å². The number of ether oxygens (including phenoxy) is 1. The zero-order valence-corrected chi connectivity index (χ0v) is 19.0. The smallest absolute Gasteiger partial charge is 0.411 e. The second kappa shape index (κ2) is 12.6. The van der Waals surface area contributed by atoms with Crippen molar-refractivity contribution in [2.75, 3.05) is 41.9 Å². The average molecular weight is 427 g/mol. The van der Waals surface area contributed by atoms with Crippen LogP contribution in [-0.4, -0.2) is 44.2 Å². The van der Waals surface area contributed by atoms with Crippen LogP contribution in [0, 0.1) is 5.92 Å². The van der Waals surface area contributed by atoms with Crippen molar-refractivity contribution in [1.82, 2.24) is 4.98 Å². The minimum atomic E-state index is -0.441. The van der Waals surface area contributed by atoms with Gasteiger partial charge in [-0.25, -0.2) is 9.78 Å². The molecule has 2 amide bonds. The van der Waals surface area contributed by atoms with Gasteiger partial charge >= 0.3 is 6.09 Å². The van der Waals surface area contributed by atoms with Crippen molar-refractivity contribution >= 4 is 29.7 Å². The Labute approximate surface area is 185 Å². The summed E-state index contributed by atoms with van der Waals surface area (Å²) in [6.45, 7) is 8.60. The number of amides is 2. The summed E-state index contributed by atoms with van der Waals surface area (Å²) in [6, 6.07) is 11.7. The lowest BCUT2D eigenvalue weighted by Gasteiger charge is -2.31. The normalized spacial score (nSPS) is 15.4. The molecule has 3 rings (SSSR count). The number of rotatable bonds is 6. The fourth-order valence-corrected chi connectivity index (χ4v) is 3.54. The van der Waals surface area contributed by atoms with Crippen molar-refractivity contribution in [2.24, 2.45) is 5.92 Å². The van der Waals surface area contributed by atoms with Crippen LogP contribution < -0.4 is 15.1 Å². The van der Waals surface area contributed by atoms with E-state index in [1.54, 1.807) is 25.1 Å². The Hall–Kier alpha value is -3.09. The van der Waals surface area contributed by atoms with Crippen molar-refractivity contribution in [1.29, 1.82) is 0 Å². The largest absolute Gasteiger partial charge is 0.450 e. The lowest BCUT2D eigenvalue weighted by Crippen LogP contribution is -2.34. The Morgan fingerprint density at radius 3 is 2.68 bits per heavy atom. The second-order valence-electron chi connectivity index (χ2n) is 7.64. The standard InChI is InChI=1S/C14H21N3O2.C10H13NO/c1-3-19-14(18)16-12-6-7-13(15-9-12)17-8-4-5-11(2)10-17;1-3-9-6-4-5-7-10(9)11(2)8-12/h6-7,9,11H,3-5,8,10H2,1-2H3,(H,16,18);4-8H,3H2,1-2H3. The Morgan fingerprint density at radius 2 is 2.06 bits per heavy atom. The highest BCUT2D eigenvalue weighted by Gasteiger charge is 2.17. The third-order valence-corrected chi connectivity index (χ3v) is 5.16. The molecule has 1 atom stereocenters. The summed E-state index contributed by atoms with van der Waals surface area (Å²) in [6.07, 6.45) is 5.52. The van der Waals surface area contributed by atoms with Gasteiger partial charge in [-0.3, -0.25) is 10.1 Å². The Balaban J connectivity index is 0.000000245. The predicted octanol–water partition coefficient (Wildman–Crippen LogP) is 4.73. The number of carbonyl (C=O) groups is 2.